The third-order valence-corrected chi connectivity index (χ3v) is 5.84. The van der Waals surface area contributed by atoms with Crippen molar-refractivity contribution in [3.63, 3.8) is 0 Å². The van der Waals surface area contributed by atoms with Gasteiger partial charge in [0.2, 0.25) is 0 Å². The van der Waals surface area contributed by atoms with Gasteiger partial charge in [-0.3, -0.25) is 9.59 Å². The number of rotatable bonds is 9. The Labute approximate surface area is 188 Å². The van der Waals surface area contributed by atoms with Crippen LogP contribution in [-0.4, -0.2) is 60.5 Å². The summed E-state index contributed by atoms with van der Waals surface area (Å²) in [6.07, 6.45) is 1.70. The van der Waals surface area contributed by atoms with Crippen LogP contribution in [-0.2, 0) is 11.8 Å². The highest BCUT2D eigenvalue weighted by atomic mass is 16.5. The number of ketones is 1. The Bertz CT molecular complexity index is 1030. The lowest BCUT2D eigenvalue weighted by atomic mass is 10.0. The number of hydrogen-bond donors (Lipinski definition) is 0. The molecule has 32 heavy (non-hydrogen) atoms. The van der Waals surface area contributed by atoms with Crippen molar-refractivity contribution in [2.75, 3.05) is 27.4 Å². The van der Waals surface area contributed by atoms with Crippen LogP contribution in [0, 0.1) is 13.8 Å². The molecule has 2 aromatic rings. The number of nitrogens with zero attached hydrogens (tertiary/aromatic N) is 2. The van der Waals surface area contributed by atoms with Crippen LogP contribution < -0.4 is 9.47 Å². The summed E-state index contributed by atoms with van der Waals surface area (Å²) in [7, 11) is 4.78. The topological polar surface area (TPSA) is 87.1 Å². The lowest BCUT2D eigenvalue weighted by Gasteiger charge is -2.22. The molecule has 1 aliphatic rings. The first-order valence-electron chi connectivity index (χ1n) is 10.6. The number of carbonyl (C=O) groups is 3. The minimum atomic E-state index is -0.465. The largest absolute Gasteiger partial charge is 0.497 e. The van der Waals surface area contributed by atoms with Crippen molar-refractivity contribution in [1.82, 2.24) is 9.47 Å². The molecule has 0 saturated heterocycles. The standard InChI is InChI=1S/C24H30N2O6/c1-7-32-24(29)22-14(2)21(15(3)25(22)4)20(27)13-26(17-8-9-17)23(28)16-10-18(30-5)12-19(11-16)31-6/h10-12,17H,7-9,13H2,1-6H3. The normalized spacial score (nSPS) is 12.9. The van der Waals surface area contributed by atoms with Gasteiger partial charge in [-0.1, -0.05) is 0 Å². The number of hydrogen-bond acceptors (Lipinski definition) is 6. The molecule has 0 N–H and O–H groups in total. The molecule has 8 nitrogen and oxygen atoms in total. The molecule has 1 aromatic carbocycles. The fourth-order valence-corrected chi connectivity index (χ4v) is 3.96. The molecule has 1 amide bonds. The van der Waals surface area contributed by atoms with Crippen molar-refractivity contribution in [3.8, 4) is 11.5 Å². The third kappa shape index (κ3) is 4.49. The fraction of sp³-hybridized carbons (Fsp3) is 0.458. The summed E-state index contributed by atoms with van der Waals surface area (Å²) in [6, 6.07) is 4.99. The summed E-state index contributed by atoms with van der Waals surface area (Å²) in [4.78, 5) is 40.7. The van der Waals surface area contributed by atoms with Crippen molar-refractivity contribution < 1.29 is 28.6 Å². The van der Waals surface area contributed by atoms with E-state index in [1.807, 2.05) is 0 Å². The van der Waals surface area contributed by atoms with Crippen LogP contribution in [0.5, 0.6) is 11.5 Å². The Morgan fingerprint density at radius 1 is 1.06 bits per heavy atom. The average Bonchev–Trinajstić information content (AvgIpc) is 3.58. The zero-order valence-electron chi connectivity index (χ0n) is 19.5. The summed E-state index contributed by atoms with van der Waals surface area (Å²) < 4.78 is 17.4. The minimum Gasteiger partial charge on any atom is -0.497 e. The molecule has 1 heterocycles. The van der Waals surface area contributed by atoms with Crippen molar-refractivity contribution in [2.24, 2.45) is 7.05 Å². The predicted molar refractivity (Wildman–Crippen MR) is 119 cm³/mol. The number of methoxy groups -OCH3 is 2. The van der Waals surface area contributed by atoms with Crippen molar-refractivity contribution >= 4 is 17.7 Å². The fourth-order valence-electron chi connectivity index (χ4n) is 3.96. The number of benzene rings is 1. The minimum absolute atomic E-state index is 0.0116. The monoisotopic (exact) mass is 442 g/mol. The van der Waals surface area contributed by atoms with E-state index in [1.54, 1.807) is 55.5 Å². The van der Waals surface area contributed by atoms with Gasteiger partial charge >= 0.3 is 5.97 Å². The Morgan fingerprint density at radius 3 is 2.16 bits per heavy atom. The van der Waals surface area contributed by atoms with E-state index in [0.717, 1.165) is 12.8 Å². The van der Waals surface area contributed by atoms with E-state index in [9.17, 15) is 14.4 Å². The number of ether oxygens (including phenoxy) is 3. The first kappa shape index (κ1) is 23.4. The van der Waals surface area contributed by atoms with Crippen LogP contribution in [0.15, 0.2) is 18.2 Å². The summed E-state index contributed by atoms with van der Waals surface area (Å²) in [6.45, 7) is 5.44. The lowest BCUT2D eigenvalue weighted by molar-refractivity contribution is 0.0514. The van der Waals surface area contributed by atoms with E-state index in [0.29, 0.717) is 39.6 Å². The summed E-state index contributed by atoms with van der Waals surface area (Å²) >= 11 is 0. The van der Waals surface area contributed by atoms with E-state index in [2.05, 4.69) is 0 Å². The van der Waals surface area contributed by atoms with Crippen LogP contribution >= 0.6 is 0 Å². The molecular weight excluding hydrogens is 412 g/mol. The van der Waals surface area contributed by atoms with Crippen molar-refractivity contribution in [2.45, 2.75) is 39.7 Å². The van der Waals surface area contributed by atoms with E-state index in [-0.39, 0.29) is 30.9 Å². The molecule has 172 valence electrons. The molecule has 0 bridgehead atoms. The van der Waals surface area contributed by atoms with E-state index >= 15 is 0 Å². The van der Waals surface area contributed by atoms with Crippen LogP contribution in [0.4, 0.5) is 0 Å². The Morgan fingerprint density at radius 2 is 1.66 bits per heavy atom. The van der Waals surface area contributed by atoms with E-state index < -0.39 is 5.97 Å². The summed E-state index contributed by atoms with van der Waals surface area (Å²) in [5.41, 5.74) is 2.45. The number of esters is 1. The molecule has 1 fully saturated rings. The van der Waals surface area contributed by atoms with E-state index in [4.69, 9.17) is 14.2 Å². The number of carbonyl (C=O) groups excluding carboxylic acids is 3. The molecule has 0 atom stereocenters. The highest BCUT2D eigenvalue weighted by Gasteiger charge is 2.36. The summed E-state index contributed by atoms with van der Waals surface area (Å²) in [5.74, 6) is 0.0802. The molecule has 8 heteroatoms. The highest BCUT2D eigenvalue weighted by molar-refractivity contribution is 6.06. The molecular formula is C24H30N2O6. The molecule has 3 rings (SSSR count). The molecule has 0 unspecified atom stereocenters. The zero-order chi connectivity index (χ0) is 23.6. The maximum Gasteiger partial charge on any atom is 0.355 e. The lowest BCUT2D eigenvalue weighted by Crippen LogP contribution is -2.37. The summed E-state index contributed by atoms with van der Waals surface area (Å²) in [5, 5.41) is 0. The van der Waals surface area contributed by atoms with Gasteiger partial charge in [0.15, 0.2) is 5.78 Å². The Hall–Kier alpha value is -3.29. The number of aromatic nitrogens is 1. The first-order chi connectivity index (χ1) is 15.2. The average molecular weight is 443 g/mol. The molecule has 0 spiro atoms. The van der Waals surface area contributed by atoms with Gasteiger partial charge in [0.05, 0.1) is 27.4 Å². The molecule has 0 radical (unpaired) electrons. The maximum atomic E-state index is 13.3. The smallest absolute Gasteiger partial charge is 0.355 e. The van der Waals surface area contributed by atoms with Crippen molar-refractivity contribution in [3.05, 3.63) is 46.3 Å². The highest BCUT2D eigenvalue weighted by Crippen LogP contribution is 2.31. The quantitative estimate of drug-likeness (QED) is 0.437. The third-order valence-electron chi connectivity index (χ3n) is 5.84. The van der Waals surface area contributed by atoms with E-state index in [1.165, 1.54) is 14.2 Å². The van der Waals surface area contributed by atoms with Crippen LogP contribution in [0.3, 0.4) is 0 Å². The van der Waals surface area contributed by atoms with Gasteiger partial charge in [-0.2, -0.15) is 0 Å². The SMILES string of the molecule is CCOC(=O)c1c(C)c(C(=O)CN(C(=O)c2cc(OC)cc(OC)c2)C2CC2)c(C)n1C. The second kappa shape index (κ2) is 9.46. The zero-order valence-corrected chi connectivity index (χ0v) is 19.5. The molecule has 1 saturated carbocycles. The van der Waals surface area contributed by atoms with Gasteiger partial charge < -0.3 is 23.7 Å². The Balaban J connectivity index is 1.91. The molecule has 1 aromatic heterocycles. The molecule has 1 aliphatic carbocycles. The second-order valence-electron chi connectivity index (χ2n) is 7.90. The van der Waals surface area contributed by atoms with Gasteiger partial charge in [-0.15, -0.1) is 0 Å². The number of amides is 1. The number of Topliss-reactive ketones (excluding diaryl/α,β-unsaturated/α-hetero) is 1. The van der Waals surface area contributed by atoms with Crippen LogP contribution in [0.25, 0.3) is 0 Å². The Kier molecular flexibility index (Phi) is 6.91. The van der Waals surface area contributed by atoms with Gasteiger partial charge in [0.1, 0.15) is 17.2 Å². The second-order valence-corrected chi connectivity index (χ2v) is 7.90. The van der Waals surface area contributed by atoms with Gasteiger partial charge in [-0.25, -0.2) is 4.79 Å². The predicted octanol–water partition coefficient (Wildman–Crippen LogP) is 3.32. The van der Waals surface area contributed by atoms with Gasteiger partial charge in [0, 0.05) is 36.0 Å². The van der Waals surface area contributed by atoms with Gasteiger partial charge in [-0.05, 0) is 51.3 Å². The van der Waals surface area contributed by atoms with Crippen LogP contribution in [0.2, 0.25) is 0 Å². The van der Waals surface area contributed by atoms with Crippen LogP contribution in [0.1, 0.15) is 62.2 Å². The molecule has 0 aliphatic heterocycles. The van der Waals surface area contributed by atoms with Gasteiger partial charge in [0.25, 0.3) is 5.91 Å². The first-order valence-corrected chi connectivity index (χ1v) is 10.6. The maximum absolute atomic E-state index is 13.3. The van der Waals surface area contributed by atoms with Crippen molar-refractivity contribution in [1.29, 1.82) is 0 Å².